The standard InChI is InChI=1S/C17H27ClN2/c1-4-13-6-8-16(9-7-13)20(3)17-11-14(12-18)10-15(5-2)19-17/h10-11,13,16H,4-9,12H2,1-3H3. The summed E-state index contributed by atoms with van der Waals surface area (Å²) in [7, 11) is 2.19. The Morgan fingerprint density at radius 3 is 2.45 bits per heavy atom. The van der Waals surface area contributed by atoms with Gasteiger partial charge in [0.2, 0.25) is 0 Å². The third kappa shape index (κ3) is 3.66. The molecule has 0 amide bonds. The maximum absolute atomic E-state index is 6.01. The van der Waals surface area contributed by atoms with Crippen molar-refractivity contribution in [2.75, 3.05) is 11.9 Å². The lowest BCUT2D eigenvalue weighted by Gasteiger charge is -2.35. The van der Waals surface area contributed by atoms with Crippen LogP contribution in [0.4, 0.5) is 5.82 Å². The second-order valence-corrected chi connectivity index (χ2v) is 6.27. The zero-order valence-electron chi connectivity index (χ0n) is 13.0. The highest BCUT2D eigenvalue weighted by molar-refractivity contribution is 6.17. The van der Waals surface area contributed by atoms with Gasteiger partial charge in [0.1, 0.15) is 5.82 Å². The normalized spacial score (nSPS) is 22.8. The van der Waals surface area contributed by atoms with Crippen LogP contribution in [0, 0.1) is 5.92 Å². The summed E-state index contributed by atoms with van der Waals surface area (Å²) in [4.78, 5) is 7.16. The van der Waals surface area contributed by atoms with Crippen LogP contribution in [0.1, 0.15) is 57.2 Å². The van der Waals surface area contributed by atoms with Gasteiger partial charge in [0.15, 0.2) is 0 Å². The molecule has 0 N–H and O–H groups in total. The molecule has 0 unspecified atom stereocenters. The summed E-state index contributed by atoms with van der Waals surface area (Å²) in [5.74, 6) is 2.60. The Morgan fingerprint density at radius 1 is 1.20 bits per heavy atom. The molecule has 3 heteroatoms. The van der Waals surface area contributed by atoms with Crippen molar-refractivity contribution in [1.29, 1.82) is 0 Å². The number of aromatic nitrogens is 1. The maximum atomic E-state index is 6.01. The van der Waals surface area contributed by atoms with Crippen LogP contribution in [-0.2, 0) is 12.3 Å². The number of hydrogen-bond donors (Lipinski definition) is 0. The summed E-state index contributed by atoms with van der Waals surface area (Å²) in [6.45, 7) is 4.46. The highest BCUT2D eigenvalue weighted by Gasteiger charge is 2.24. The van der Waals surface area contributed by atoms with Crippen LogP contribution in [-0.4, -0.2) is 18.1 Å². The van der Waals surface area contributed by atoms with Crippen LogP contribution in [0.3, 0.4) is 0 Å². The second kappa shape index (κ2) is 7.31. The van der Waals surface area contributed by atoms with Crippen LogP contribution < -0.4 is 4.90 Å². The van der Waals surface area contributed by atoms with Crippen molar-refractivity contribution in [2.45, 2.75) is 64.3 Å². The first kappa shape index (κ1) is 15.6. The van der Waals surface area contributed by atoms with Crippen molar-refractivity contribution in [3.8, 4) is 0 Å². The van der Waals surface area contributed by atoms with Gasteiger partial charge in [0, 0.05) is 24.7 Å². The molecule has 0 bridgehead atoms. The van der Waals surface area contributed by atoms with Gasteiger partial charge in [-0.3, -0.25) is 0 Å². The average molecular weight is 295 g/mol. The van der Waals surface area contributed by atoms with Gasteiger partial charge in [-0.1, -0.05) is 20.3 Å². The molecular formula is C17H27ClN2. The Balaban J connectivity index is 2.10. The first-order chi connectivity index (χ1) is 9.67. The number of aryl methyl sites for hydroxylation is 1. The Morgan fingerprint density at radius 2 is 1.90 bits per heavy atom. The molecule has 0 aliphatic heterocycles. The summed E-state index contributed by atoms with van der Waals surface area (Å²) in [6, 6.07) is 4.91. The molecule has 0 spiro atoms. The van der Waals surface area contributed by atoms with E-state index in [4.69, 9.17) is 16.6 Å². The van der Waals surface area contributed by atoms with Crippen molar-refractivity contribution in [1.82, 2.24) is 4.98 Å². The van der Waals surface area contributed by atoms with Gasteiger partial charge in [-0.05, 0) is 55.7 Å². The van der Waals surface area contributed by atoms with Gasteiger partial charge in [0.25, 0.3) is 0 Å². The molecule has 1 aliphatic rings. The Bertz CT molecular complexity index is 403. The van der Waals surface area contributed by atoms with Gasteiger partial charge in [-0.25, -0.2) is 4.98 Å². The minimum atomic E-state index is 0.568. The number of alkyl halides is 1. The van der Waals surface area contributed by atoms with E-state index in [1.54, 1.807) is 0 Å². The minimum absolute atomic E-state index is 0.568. The highest BCUT2D eigenvalue weighted by atomic mass is 35.5. The molecule has 1 aromatic heterocycles. The molecule has 112 valence electrons. The predicted molar refractivity (Wildman–Crippen MR) is 87.6 cm³/mol. The first-order valence-corrected chi connectivity index (χ1v) is 8.50. The maximum Gasteiger partial charge on any atom is 0.129 e. The van der Waals surface area contributed by atoms with Crippen molar-refractivity contribution in [3.63, 3.8) is 0 Å². The smallest absolute Gasteiger partial charge is 0.129 e. The average Bonchev–Trinajstić information content (AvgIpc) is 2.53. The van der Waals surface area contributed by atoms with Crippen molar-refractivity contribution in [3.05, 3.63) is 23.4 Å². The predicted octanol–water partition coefficient (Wildman–Crippen LogP) is 4.79. The third-order valence-corrected chi connectivity index (χ3v) is 5.05. The van der Waals surface area contributed by atoms with Crippen LogP contribution in [0.25, 0.3) is 0 Å². The quantitative estimate of drug-likeness (QED) is 0.726. The van der Waals surface area contributed by atoms with Crippen molar-refractivity contribution < 1.29 is 0 Å². The lowest BCUT2D eigenvalue weighted by molar-refractivity contribution is 0.313. The summed E-state index contributed by atoms with van der Waals surface area (Å²) >= 11 is 6.01. The van der Waals surface area contributed by atoms with Crippen LogP contribution in [0.5, 0.6) is 0 Å². The van der Waals surface area contributed by atoms with Crippen molar-refractivity contribution >= 4 is 17.4 Å². The number of pyridine rings is 1. The van der Waals surface area contributed by atoms with Gasteiger partial charge in [0.05, 0.1) is 0 Å². The molecule has 1 aliphatic carbocycles. The molecular weight excluding hydrogens is 268 g/mol. The zero-order chi connectivity index (χ0) is 14.5. The second-order valence-electron chi connectivity index (χ2n) is 6.01. The Hall–Kier alpha value is -0.760. The van der Waals surface area contributed by atoms with E-state index in [9.17, 15) is 0 Å². The topological polar surface area (TPSA) is 16.1 Å². The third-order valence-electron chi connectivity index (χ3n) is 4.74. The Labute approximate surface area is 128 Å². The number of rotatable bonds is 5. The fraction of sp³-hybridized carbons (Fsp3) is 0.706. The lowest BCUT2D eigenvalue weighted by atomic mass is 9.84. The molecule has 0 radical (unpaired) electrons. The number of hydrogen-bond acceptors (Lipinski definition) is 2. The molecule has 0 saturated heterocycles. The largest absolute Gasteiger partial charge is 0.357 e. The molecule has 1 heterocycles. The van der Waals surface area contributed by atoms with E-state index in [1.165, 1.54) is 37.7 Å². The number of anilines is 1. The van der Waals surface area contributed by atoms with Crippen LogP contribution in [0.2, 0.25) is 0 Å². The highest BCUT2D eigenvalue weighted by Crippen LogP contribution is 2.31. The van der Waals surface area contributed by atoms with E-state index >= 15 is 0 Å². The molecule has 0 atom stereocenters. The van der Waals surface area contributed by atoms with E-state index in [1.807, 2.05) is 0 Å². The first-order valence-electron chi connectivity index (χ1n) is 7.96. The number of halogens is 1. The minimum Gasteiger partial charge on any atom is -0.357 e. The summed E-state index contributed by atoms with van der Waals surface area (Å²) in [5.41, 5.74) is 2.33. The number of nitrogens with zero attached hydrogens (tertiary/aromatic N) is 2. The van der Waals surface area contributed by atoms with E-state index in [0.29, 0.717) is 11.9 Å². The van der Waals surface area contributed by atoms with Crippen LogP contribution >= 0.6 is 11.6 Å². The molecule has 0 aromatic carbocycles. The molecule has 1 aromatic rings. The van der Waals surface area contributed by atoms with Crippen molar-refractivity contribution in [2.24, 2.45) is 5.92 Å². The van der Waals surface area contributed by atoms with E-state index < -0.39 is 0 Å². The molecule has 1 saturated carbocycles. The SMILES string of the molecule is CCc1cc(CCl)cc(N(C)C2CCC(CC)CC2)n1. The summed E-state index contributed by atoms with van der Waals surface area (Å²) in [6.07, 6.45) is 7.61. The van der Waals surface area contributed by atoms with E-state index in [-0.39, 0.29) is 0 Å². The Kier molecular flexibility index (Phi) is 5.71. The fourth-order valence-electron chi connectivity index (χ4n) is 3.20. The molecule has 2 nitrogen and oxygen atoms in total. The van der Waals surface area contributed by atoms with Gasteiger partial charge in [-0.2, -0.15) is 0 Å². The molecule has 20 heavy (non-hydrogen) atoms. The summed E-state index contributed by atoms with van der Waals surface area (Å²) in [5, 5.41) is 0. The molecule has 2 rings (SSSR count). The summed E-state index contributed by atoms with van der Waals surface area (Å²) < 4.78 is 0. The van der Waals surface area contributed by atoms with Gasteiger partial charge >= 0.3 is 0 Å². The fourth-order valence-corrected chi connectivity index (χ4v) is 3.35. The van der Waals surface area contributed by atoms with E-state index in [0.717, 1.165) is 23.9 Å². The molecule has 1 fully saturated rings. The van der Waals surface area contributed by atoms with E-state index in [2.05, 4.69) is 37.9 Å². The lowest BCUT2D eigenvalue weighted by Crippen LogP contribution is -2.35. The monoisotopic (exact) mass is 294 g/mol. The van der Waals surface area contributed by atoms with Gasteiger partial charge in [-0.15, -0.1) is 11.6 Å². The van der Waals surface area contributed by atoms with Gasteiger partial charge < -0.3 is 4.90 Å². The van der Waals surface area contributed by atoms with Crippen LogP contribution in [0.15, 0.2) is 12.1 Å². The zero-order valence-corrected chi connectivity index (χ0v) is 13.8.